The van der Waals surface area contributed by atoms with Crippen molar-refractivity contribution in [2.75, 3.05) is 0 Å². The molecule has 0 aromatic carbocycles. The third-order valence-electron chi connectivity index (χ3n) is 6.10. The largest absolute Gasteiger partial charge is 0.321 e. The van der Waals surface area contributed by atoms with Crippen molar-refractivity contribution in [3.8, 4) is 0 Å². The first kappa shape index (κ1) is 26.0. The summed E-state index contributed by atoms with van der Waals surface area (Å²) in [6, 6.07) is 0. The monoisotopic (exact) mass is 558 g/mol. The first-order valence-corrected chi connectivity index (χ1v) is 9.03. The minimum Gasteiger partial charge on any atom is -0.321 e. The van der Waals surface area contributed by atoms with Crippen LogP contribution in [0.25, 0.3) is 0 Å². The molecule has 0 heterocycles. The second-order valence-electron chi connectivity index (χ2n) is 7.75. The molecular weight excluding hydrogens is 526 g/mol. The second kappa shape index (κ2) is 11.1. The van der Waals surface area contributed by atoms with Crippen molar-refractivity contribution in [1.82, 2.24) is 0 Å². The van der Waals surface area contributed by atoms with Crippen molar-refractivity contribution in [3.05, 3.63) is 71.6 Å². The zero-order chi connectivity index (χ0) is 16.6. The summed E-state index contributed by atoms with van der Waals surface area (Å²) in [4.78, 5) is 0. The Labute approximate surface area is 192 Å². The summed E-state index contributed by atoms with van der Waals surface area (Å²) < 4.78 is 0. The molecule has 0 radical (unpaired) electrons. The van der Waals surface area contributed by atoms with E-state index in [1.54, 1.807) is 11.1 Å². The molecule has 0 bridgehead atoms. The minimum absolute atomic E-state index is 0. The van der Waals surface area contributed by atoms with Gasteiger partial charge in [0.15, 0.2) is 0 Å². The van der Waals surface area contributed by atoms with Gasteiger partial charge in [-0.25, -0.2) is 18.6 Å². The van der Waals surface area contributed by atoms with Gasteiger partial charge >= 0.3 is 0 Å². The third kappa shape index (κ3) is 5.52. The molecule has 0 aromatic heterocycles. The summed E-state index contributed by atoms with van der Waals surface area (Å²) in [6.07, 6.45) is 17.7. The van der Waals surface area contributed by atoms with Crippen LogP contribution in [0.1, 0.15) is 47.0 Å². The second-order valence-corrected chi connectivity index (χ2v) is 7.75. The average Bonchev–Trinajstić information content (AvgIpc) is 3.15. The maximum atomic E-state index is 4.04. The van der Waals surface area contributed by atoms with Gasteiger partial charge in [-0.3, -0.25) is 0 Å². The number of halogens is 2. The first-order valence-electron chi connectivity index (χ1n) is 9.03. The Hall–Kier alpha value is 0.0201. The summed E-state index contributed by atoms with van der Waals surface area (Å²) in [5.41, 5.74) is 7.45. The van der Waals surface area contributed by atoms with E-state index in [0.29, 0.717) is 5.92 Å². The molecule has 0 N–H and O–H groups in total. The summed E-state index contributed by atoms with van der Waals surface area (Å²) in [5, 5.41) is 0. The average molecular weight is 558 g/mol. The molecule has 0 nitrogen and oxygen atoms in total. The van der Waals surface area contributed by atoms with Gasteiger partial charge in [0.2, 0.25) is 0 Å². The van der Waals surface area contributed by atoms with Crippen LogP contribution in [0, 0.1) is 36.5 Å². The smallest absolute Gasteiger partial charge is 0 e. The fraction of sp³-hybridized carbons (Fsp3) is 0.478. The van der Waals surface area contributed by atoms with E-state index in [1.807, 2.05) is 0 Å². The van der Waals surface area contributed by atoms with Gasteiger partial charge in [0.05, 0.1) is 0 Å². The standard InChI is InChI=1S/C12H15.C11H15.2ClH.Hf/c1-8-6-11-9(2)4-5-10(3)12(11)7-8;1-8-6-7-9(2)11-5-3-4-10(8)11;;;/h4-6,11-12H,1,7H2,2-3H3;4,6-7,10-11H,3,5H2,1-2H3;2*1H;/q2*-1;;;. The Morgan fingerprint density at radius 1 is 0.808 bits per heavy atom. The molecule has 0 saturated heterocycles. The summed E-state index contributed by atoms with van der Waals surface area (Å²) in [6.45, 7) is 13.0. The number of rotatable bonds is 0. The van der Waals surface area contributed by atoms with Gasteiger partial charge in [0, 0.05) is 25.8 Å². The number of fused-ring (bicyclic) bond motifs is 2. The third-order valence-corrected chi connectivity index (χ3v) is 6.10. The summed E-state index contributed by atoms with van der Waals surface area (Å²) >= 11 is 0. The topological polar surface area (TPSA) is 0 Å². The van der Waals surface area contributed by atoms with Gasteiger partial charge in [0.1, 0.15) is 0 Å². The van der Waals surface area contributed by atoms with Crippen molar-refractivity contribution in [1.29, 1.82) is 0 Å². The molecule has 2 saturated carbocycles. The predicted molar refractivity (Wildman–Crippen MR) is 115 cm³/mol. The molecular formula is C23H32Cl2Hf-2. The van der Waals surface area contributed by atoms with E-state index in [2.05, 4.69) is 71.4 Å². The van der Waals surface area contributed by atoms with Crippen LogP contribution in [0.2, 0.25) is 0 Å². The van der Waals surface area contributed by atoms with E-state index in [1.165, 1.54) is 29.6 Å². The van der Waals surface area contributed by atoms with Crippen LogP contribution in [0.4, 0.5) is 0 Å². The zero-order valence-corrected chi connectivity index (χ0v) is 21.6. The Morgan fingerprint density at radius 3 is 1.85 bits per heavy atom. The fourth-order valence-electron chi connectivity index (χ4n) is 4.55. The predicted octanol–water partition coefficient (Wildman–Crippen LogP) is 7.25. The van der Waals surface area contributed by atoms with E-state index in [-0.39, 0.29) is 50.7 Å². The van der Waals surface area contributed by atoms with E-state index in [0.717, 1.165) is 24.2 Å². The fourth-order valence-corrected chi connectivity index (χ4v) is 4.55. The normalized spacial score (nSPS) is 30.8. The molecule has 4 aliphatic carbocycles. The molecule has 0 aliphatic heterocycles. The molecule has 2 fully saturated rings. The van der Waals surface area contributed by atoms with Gasteiger partial charge in [-0.2, -0.15) is 6.42 Å². The maximum Gasteiger partial charge on any atom is 0 e. The summed E-state index contributed by atoms with van der Waals surface area (Å²) in [5.74, 6) is 3.00. The van der Waals surface area contributed by atoms with Crippen LogP contribution in [0.5, 0.6) is 0 Å². The van der Waals surface area contributed by atoms with Gasteiger partial charge < -0.3 is 6.42 Å². The van der Waals surface area contributed by atoms with Crippen LogP contribution in [-0.2, 0) is 25.8 Å². The molecule has 4 unspecified atom stereocenters. The van der Waals surface area contributed by atoms with Crippen molar-refractivity contribution >= 4 is 24.8 Å². The Kier molecular flexibility index (Phi) is 11.1. The summed E-state index contributed by atoms with van der Waals surface area (Å²) in [7, 11) is 0. The molecule has 144 valence electrons. The zero-order valence-electron chi connectivity index (χ0n) is 16.4. The van der Waals surface area contributed by atoms with Crippen molar-refractivity contribution < 1.29 is 25.8 Å². The number of hydrogen-bond donors (Lipinski definition) is 0. The molecule has 4 aliphatic rings. The SMILES string of the molecule is C=C1[CH-]C2C(C)=CC=C(C)C2C1.CC1=CC=C(C)C2CC[CH-]C12.Cl.Cl.[Hf]. The van der Waals surface area contributed by atoms with Crippen LogP contribution >= 0.6 is 24.8 Å². The molecule has 0 amide bonds. The molecule has 4 atom stereocenters. The Morgan fingerprint density at radius 2 is 1.31 bits per heavy atom. The van der Waals surface area contributed by atoms with Gasteiger partial charge in [0.25, 0.3) is 0 Å². The van der Waals surface area contributed by atoms with Crippen LogP contribution in [-0.4, -0.2) is 0 Å². The van der Waals surface area contributed by atoms with Crippen LogP contribution in [0.3, 0.4) is 0 Å². The number of allylic oxidation sites excluding steroid dienone is 9. The van der Waals surface area contributed by atoms with Gasteiger partial charge in [-0.05, 0) is 39.5 Å². The minimum atomic E-state index is 0. The van der Waals surface area contributed by atoms with Gasteiger partial charge in [-0.1, -0.05) is 65.4 Å². The van der Waals surface area contributed by atoms with Gasteiger partial charge in [-0.15, -0.1) is 30.7 Å². The van der Waals surface area contributed by atoms with Crippen molar-refractivity contribution in [2.45, 2.75) is 47.0 Å². The molecule has 4 rings (SSSR count). The van der Waals surface area contributed by atoms with E-state index >= 15 is 0 Å². The molecule has 0 spiro atoms. The first-order chi connectivity index (χ1) is 11.0. The Balaban J connectivity index is 0.000000432. The molecule has 0 aromatic rings. The quantitative estimate of drug-likeness (QED) is 0.217. The van der Waals surface area contributed by atoms with E-state index in [9.17, 15) is 0 Å². The van der Waals surface area contributed by atoms with Crippen molar-refractivity contribution in [2.24, 2.45) is 23.7 Å². The molecule has 26 heavy (non-hydrogen) atoms. The van der Waals surface area contributed by atoms with Crippen LogP contribution in [0.15, 0.2) is 58.7 Å². The van der Waals surface area contributed by atoms with E-state index in [4.69, 9.17) is 0 Å². The van der Waals surface area contributed by atoms with E-state index < -0.39 is 0 Å². The maximum absolute atomic E-state index is 4.04. The van der Waals surface area contributed by atoms with Crippen LogP contribution < -0.4 is 0 Å². The number of hydrogen-bond acceptors (Lipinski definition) is 0. The molecule has 3 heteroatoms. The van der Waals surface area contributed by atoms with Crippen molar-refractivity contribution in [3.63, 3.8) is 0 Å². The Bertz CT molecular complexity index is 572.